The molecule has 0 unspecified atom stereocenters. The van der Waals surface area contributed by atoms with Gasteiger partial charge >= 0.3 is 0 Å². The lowest BCUT2D eigenvalue weighted by molar-refractivity contribution is 0.722. The minimum atomic E-state index is 2.75. The van der Waals surface area contributed by atoms with E-state index in [4.69, 9.17) is 0 Å². The lowest BCUT2D eigenvalue weighted by Gasteiger charge is -1.71. The molecule has 0 rings (SSSR count). The quantitative estimate of drug-likeness (QED) is 0.0341. The Hall–Kier alpha value is -24.4. The van der Waals surface area contributed by atoms with Crippen molar-refractivity contribution in [3.8, 4) is 0 Å². The summed E-state index contributed by atoms with van der Waals surface area (Å²) in [4.78, 5) is 0. The molecule has 4 N–H and O–H groups in total. The molecule has 0 aromatic heterocycles. The van der Waals surface area contributed by atoms with Crippen LogP contribution in [-0.2, 0) is 0 Å². The Bertz CT molecular complexity index is 4210. The van der Waals surface area contributed by atoms with Crippen molar-refractivity contribution in [2.45, 2.75) is 0 Å². The molecular formula is H4N122. The summed E-state index contributed by atoms with van der Waals surface area (Å²) in [6.07, 6.45) is 0. The minimum Gasteiger partial charge on any atom is -0.303 e. The molecule has 0 fully saturated rings. The molecule has 0 heterocycles. The second-order valence-corrected chi connectivity index (χ2v) is 10.8. The molecule has 0 saturated heterocycles. The lowest BCUT2D eigenvalue weighted by atomic mass is 12.3. The third-order valence-corrected chi connectivity index (χ3v) is 4.78. The molecule has 122 heavy (non-hydrogen) atoms. The van der Waals surface area contributed by atoms with Gasteiger partial charge in [-0.3, -0.25) is 0 Å². The fourth-order valence-electron chi connectivity index (χ4n) is 2.12. The Morgan fingerprint density at radius 3 is 0.0902 bits per heavy atom. The lowest BCUT2D eigenvalue weighted by Crippen LogP contribution is -1.70. The van der Waals surface area contributed by atoms with E-state index in [0.717, 1.165) is 0 Å². The molecule has 0 aromatic carbocycles. The van der Waals surface area contributed by atoms with Crippen LogP contribution in [0.1, 0.15) is 0 Å². The van der Waals surface area contributed by atoms with Crippen molar-refractivity contribution in [2.24, 2.45) is 638 Å². The van der Waals surface area contributed by atoms with Gasteiger partial charge in [0, 0.05) is 543 Å². The van der Waals surface area contributed by atoms with Gasteiger partial charge in [0.2, 0.25) is 0 Å². The van der Waals surface area contributed by atoms with Gasteiger partial charge in [0.25, 0.3) is 0 Å². The average Bonchev–Trinajstić information content (AvgIpc) is 1.30. The molecule has 0 amide bonds. The van der Waals surface area contributed by atoms with Gasteiger partial charge in [-0.1, -0.05) is 10.4 Å². The molecule has 0 aliphatic carbocycles. The van der Waals surface area contributed by atoms with Crippen molar-refractivity contribution in [2.75, 3.05) is 0 Å². The summed E-state index contributed by atoms with van der Waals surface area (Å²) in [5.74, 6) is 9.27. The molecule has 0 aliphatic heterocycles. The van der Waals surface area contributed by atoms with Crippen molar-refractivity contribution in [1.82, 2.24) is 0 Å². The number of hydrogen-bond donors (Lipinski definition) is 2. The van der Waals surface area contributed by atoms with Gasteiger partial charge in [0.15, 0.2) is 0 Å². The molecule has 122 nitrogen and oxygen atoms in total. The molecule has 0 radical (unpaired) electrons. The highest BCUT2D eigenvalue weighted by atomic mass is 15.8. The zero-order chi connectivity index (χ0) is 86.9. The maximum Gasteiger partial charge on any atom is 0 e. The van der Waals surface area contributed by atoms with E-state index in [1.165, 1.54) is 0 Å². The van der Waals surface area contributed by atoms with Crippen LogP contribution in [0.5, 0.6) is 0 Å². The van der Waals surface area contributed by atoms with Gasteiger partial charge in [0.05, 0.1) is 0 Å². The van der Waals surface area contributed by atoms with Crippen LogP contribution in [-0.4, -0.2) is 0 Å². The smallest absolute Gasteiger partial charge is 0 e. The van der Waals surface area contributed by atoms with Crippen LogP contribution in [0.25, 0.3) is 0 Å². The van der Waals surface area contributed by atoms with E-state index in [-0.39, 0.29) is 0 Å². The predicted octanol–water partition coefficient (Wildman–Crippen LogP) is 20.9. The summed E-state index contributed by atoms with van der Waals surface area (Å²) in [6, 6.07) is 0. The molecule has 0 aliphatic rings. The van der Waals surface area contributed by atoms with E-state index in [1.807, 2.05) is 0 Å². The molecule has 0 atom stereocenters. The number of hydrogen-bond acceptors (Lipinski definition) is 2. The van der Waals surface area contributed by atoms with Crippen molar-refractivity contribution < 1.29 is 0 Å². The standard InChI is InChI=1S/H4N122/c1-3-5-7-9-11-13-15-17-19-21-23-25-27-29-31-33-35-37-39-41-43-45-47-49-51-53-55-57-59-61-63-65-67-69-71-73-75-77-79-81-83-85-87-89-91-93-95-97-99-101-103-105-107-109-111-113-115-117-119-121-122-120-118-116-114-112-110-108-106-104-102-100-98-96-94-92-90-88-86-84-82-80-78-76-74-72-70-68-66-64-62-60-58-56-54-52-50-48-46-44-42-40-38-36-34-32-30-28-26-24-22-20-18-16-14-12-10-8-6-4-2/h(H2,1,4,5,8,9,12,13,16,17,20,21,24,25,28,29,32,33,36,37,40,41,44,45,48,49,52,53,56,57,60,61,64,65,68,69,72,73,76,77,80,81,84,85,88,89,92,93,96,97,100,101,104,105,108,109,112,113,116,117,120,121)(H2,2,3,6,7,10,11,14,15,18,19,22,23,26,27,30,31,34,35,38,39,42,43,46,47,50,51,54,55,58,59,62,63,66,67,70,71,74,75,78,79,82,83,86,87,90,91,94,95,98,99,102,103,106,107,110,111,114,115,118,119,122). The van der Waals surface area contributed by atoms with Crippen LogP contribution < -0.4 is 11.7 Å². The van der Waals surface area contributed by atoms with Crippen LogP contribution in [0.4, 0.5) is 0 Å². The first kappa shape index (κ1) is 97.6. The largest absolute Gasteiger partial charge is 0.303 e. The van der Waals surface area contributed by atoms with Gasteiger partial charge in [0.1, 0.15) is 0 Å². The van der Waals surface area contributed by atoms with E-state index in [0.29, 0.717) is 0 Å². The molecule has 0 bridgehead atoms. The highest BCUT2D eigenvalue weighted by Crippen LogP contribution is 2.00. The molecule has 122 heteroatoms. The van der Waals surface area contributed by atoms with Gasteiger partial charge in [-0.25, -0.2) is 0 Å². The zero-order valence-corrected chi connectivity index (χ0v) is 54.8. The number of nitrogens with zero attached hydrogens (tertiary/aromatic N) is 120. The number of nitrogens with two attached hydrogens (primary N) is 2. The third kappa shape index (κ3) is 95.6. The topological polar surface area (TPSA) is 1540 Å². The first-order valence-corrected chi connectivity index (χ1v) is 24.3. The van der Waals surface area contributed by atoms with Crippen LogP contribution in [0.15, 0.2) is 627 Å². The highest BCUT2D eigenvalue weighted by molar-refractivity contribution is 4.25. The van der Waals surface area contributed by atoms with Gasteiger partial charge in [-0.05, 0) is 73.1 Å². The summed E-state index contributed by atoms with van der Waals surface area (Å²) in [5, 5.41) is 359. The molecule has 0 saturated carbocycles. The van der Waals surface area contributed by atoms with Gasteiger partial charge in [-0.2, -0.15) is 0 Å². The van der Waals surface area contributed by atoms with Crippen molar-refractivity contribution >= 4 is 0 Å². The van der Waals surface area contributed by atoms with E-state index in [2.05, 4.69) is 638 Å². The Kier molecular flexibility index (Phi) is 77.3. The average molecular weight is 1710 g/mol. The summed E-state index contributed by atoms with van der Waals surface area (Å²) >= 11 is 0. The fourth-order valence-corrected chi connectivity index (χ4v) is 2.12. The SMILES string of the molecule is N/N=N/N=N/N=N/N=N/N=N/N=N/N=N/N=N/N=N/N=N/N=N/N=N/N=N/N=N/N=N/N=N/N=N/N=N/N=N/N=N/N=N/N=N/N=N/N=N/N=N/N=N/N=N/N=N/N=N/N=N/N=N/N=N/N=N/N=N/N=N/N=N/N=N/N=N/N=N/N=N/N=N/N=N/N=N/N=N/N=N/N=N/N=N/N=N/N=N/N=N/N=N/N=N/N=N/N=N/N=N/N=N/N=N/N=N/N=N/N=N/N. The minimum absolute atomic E-state index is 2.75. The van der Waals surface area contributed by atoms with Crippen LogP contribution in [0, 0.1) is 0 Å². The summed E-state index contributed by atoms with van der Waals surface area (Å²) in [6.45, 7) is 0. The molecule has 0 aromatic rings. The monoisotopic (exact) mass is 1710 g/mol. The molecule has 614 valence electrons. The fraction of sp³-hybridized carbons (Fsp3) is 0. The normalized spacial score (nSPS) is 15.8. The first-order valence-electron chi connectivity index (χ1n) is 24.3. The summed E-state index contributed by atoms with van der Waals surface area (Å²) in [5.41, 5.74) is 0. The van der Waals surface area contributed by atoms with E-state index < -0.39 is 0 Å². The first-order chi connectivity index (χ1) is 60.9. The van der Waals surface area contributed by atoms with Crippen LogP contribution >= 0.6 is 0 Å². The van der Waals surface area contributed by atoms with Crippen molar-refractivity contribution in [3.63, 3.8) is 0 Å². The van der Waals surface area contributed by atoms with Gasteiger partial charge < -0.3 is 11.7 Å². The number of rotatable bonds is 59. The summed E-state index contributed by atoms with van der Waals surface area (Å²) in [7, 11) is 0. The zero-order valence-electron chi connectivity index (χ0n) is 54.8. The molecular weight excluding hydrogens is 1710 g/mol. The van der Waals surface area contributed by atoms with E-state index in [1.54, 1.807) is 0 Å². The van der Waals surface area contributed by atoms with Crippen LogP contribution in [0.3, 0.4) is 0 Å². The maximum absolute atomic E-state index is 4.64. The second kappa shape index (κ2) is 96.6. The Morgan fingerprint density at radius 1 is 0.0410 bits per heavy atom. The van der Waals surface area contributed by atoms with E-state index >= 15 is 0 Å². The van der Waals surface area contributed by atoms with Crippen molar-refractivity contribution in [1.29, 1.82) is 0 Å². The van der Waals surface area contributed by atoms with Crippen LogP contribution in [0.2, 0.25) is 0 Å². The van der Waals surface area contributed by atoms with Gasteiger partial charge in [-0.15, -0.1) is 0 Å². The highest BCUT2D eigenvalue weighted by Gasteiger charge is 1.82. The predicted molar refractivity (Wildman–Crippen MR) is 300 cm³/mol. The maximum atomic E-state index is 4.64. The second-order valence-electron chi connectivity index (χ2n) is 10.8. The van der Waals surface area contributed by atoms with Crippen molar-refractivity contribution in [3.05, 3.63) is 0 Å². The Morgan fingerprint density at radius 2 is 0.0656 bits per heavy atom. The Labute approximate surface area is 638 Å². The van der Waals surface area contributed by atoms with E-state index in [9.17, 15) is 0 Å². The third-order valence-electron chi connectivity index (χ3n) is 4.78. The summed E-state index contributed by atoms with van der Waals surface area (Å²) < 4.78 is 0. The Balaban J connectivity index is 4.13. The molecule has 0 spiro atoms.